The number of halogens is 3. The van der Waals surface area contributed by atoms with Gasteiger partial charge in [0.05, 0.1) is 6.10 Å². The summed E-state index contributed by atoms with van der Waals surface area (Å²) in [6, 6.07) is 35.7. The topological polar surface area (TPSA) is 71.0 Å². The number of benzene rings is 4. The summed E-state index contributed by atoms with van der Waals surface area (Å²) in [7, 11) is 0. The van der Waals surface area contributed by atoms with E-state index in [9.17, 15) is 9.50 Å². The molecule has 4 aromatic carbocycles. The Balaban J connectivity index is 0.739. The molecule has 0 saturated carbocycles. The van der Waals surface area contributed by atoms with Crippen molar-refractivity contribution < 1.29 is 19.0 Å². The van der Waals surface area contributed by atoms with Crippen LogP contribution in [0.4, 0.5) is 4.39 Å². The van der Waals surface area contributed by atoms with Gasteiger partial charge < -0.3 is 14.6 Å². The third-order valence-electron chi connectivity index (χ3n) is 11.3. The quantitative estimate of drug-likeness (QED) is 0.123. The molecule has 1 unspecified atom stereocenters. The van der Waals surface area contributed by atoms with Gasteiger partial charge in [-0.25, -0.2) is 14.4 Å². The van der Waals surface area contributed by atoms with E-state index >= 15 is 0 Å². The fraction of sp³-hybridized carbons (Fsp3) is 0.255. The third-order valence-corrected chi connectivity index (χ3v) is 11.8. The molecule has 0 amide bonds. The van der Waals surface area contributed by atoms with Crippen molar-refractivity contribution >= 4 is 23.2 Å². The van der Waals surface area contributed by atoms with Gasteiger partial charge in [0, 0.05) is 76.3 Å². The standard InChI is InChI=1S/C51H45Cl2FN4O3/c52-43-14-9-38(10-15-43)40-13-19-45(55-33-40)18-3-36-4-20-47(21-5-36)61-31-29-58-26-1-2-50(58)51(59)41-25-27-57(35-41)28-30-60-46-22-6-37(7-23-46)8-24-49-48(54)32-42(34-56-49)39-11-16-44(53)17-12-39/h4-7,9-17,19-23,32-34,41,50-51,59H,1-2,25-31,35H2/t41?,50-,51-/m0/s1. The molecule has 61 heavy (non-hydrogen) atoms. The van der Waals surface area contributed by atoms with E-state index in [1.165, 1.54) is 6.07 Å². The Morgan fingerprint density at radius 2 is 1.25 bits per heavy atom. The van der Waals surface area contributed by atoms with E-state index in [2.05, 4.69) is 43.4 Å². The summed E-state index contributed by atoms with van der Waals surface area (Å²) in [4.78, 5) is 13.5. The summed E-state index contributed by atoms with van der Waals surface area (Å²) in [5, 5.41) is 12.8. The summed E-state index contributed by atoms with van der Waals surface area (Å²) >= 11 is 12.0. The van der Waals surface area contributed by atoms with Gasteiger partial charge in [-0.3, -0.25) is 9.80 Å². The van der Waals surface area contributed by atoms with Crippen molar-refractivity contribution in [3.8, 4) is 57.4 Å². The lowest BCUT2D eigenvalue weighted by Crippen LogP contribution is -2.45. The first kappa shape index (κ1) is 42.0. The minimum atomic E-state index is -0.475. The first-order chi connectivity index (χ1) is 29.8. The van der Waals surface area contributed by atoms with Crippen LogP contribution in [0.15, 0.2) is 128 Å². The first-order valence-corrected chi connectivity index (χ1v) is 21.4. The Hall–Kier alpha value is -5.71. The Bertz CT molecular complexity index is 2510. The average molecular weight is 852 g/mol. The van der Waals surface area contributed by atoms with E-state index in [1.54, 1.807) is 18.3 Å². The van der Waals surface area contributed by atoms with Crippen molar-refractivity contribution in [2.24, 2.45) is 5.92 Å². The van der Waals surface area contributed by atoms with E-state index in [1.807, 2.05) is 103 Å². The fourth-order valence-electron chi connectivity index (χ4n) is 7.90. The minimum Gasteiger partial charge on any atom is -0.492 e. The van der Waals surface area contributed by atoms with Crippen LogP contribution in [-0.2, 0) is 0 Å². The minimum absolute atomic E-state index is 0.0929. The van der Waals surface area contributed by atoms with E-state index in [4.69, 9.17) is 32.7 Å². The molecule has 0 spiro atoms. The maximum absolute atomic E-state index is 14.8. The third kappa shape index (κ3) is 11.4. The van der Waals surface area contributed by atoms with Crippen molar-refractivity contribution in [2.75, 3.05) is 45.9 Å². The van der Waals surface area contributed by atoms with Crippen LogP contribution in [-0.4, -0.2) is 83.0 Å². The van der Waals surface area contributed by atoms with Gasteiger partial charge in [-0.1, -0.05) is 65.4 Å². The number of aliphatic hydroxyl groups is 1. The molecule has 1 N–H and O–H groups in total. The maximum Gasteiger partial charge on any atom is 0.158 e. The largest absolute Gasteiger partial charge is 0.492 e. The highest BCUT2D eigenvalue weighted by molar-refractivity contribution is 6.30. The number of hydrogen-bond donors (Lipinski definition) is 1. The molecule has 2 aromatic heterocycles. The normalized spacial score (nSPS) is 16.9. The van der Waals surface area contributed by atoms with Gasteiger partial charge in [0.15, 0.2) is 5.82 Å². The van der Waals surface area contributed by atoms with Crippen LogP contribution in [0.2, 0.25) is 10.0 Å². The van der Waals surface area contributed by atoms with Crippen LogP contribution in [0.1, 0.15) is 41.8 Å². The van der Waals surface area contributed by atoms with Crippen molar-refractivity contribution in [1.29, 1.82) is 0 Å². The average Bonchev–Trinajstić information content (AvgIpc) is 3.97. The van der Waals surface area contributed by atoms with Crippen molar-refractivity contribution in [3.63, 3.8) is 0 Å². The summed E-state index contributed by atoms with van der Waals surface area (Å²) in [6.45, 7) is 5.40. The number of rotatable bonds is 12. The van der Waals surface area contributed by atoms with Gasteiger partial charge in [0.1, 0.15) is 36.1 Å². The number of aromatic nitrogens is 2. The summed E-state index contributed by atoms with van der Waals surface area (Å²) in [5.41, 5.74) is 5.99. The highest BCUT2D eigenvalue weighted by Crippen LogP contribution is 2.29. The van der Waals surface area contributed by atoms with Crippen molar-refractivity contribution in [2.45, 2.75) is 31.4 Å². The molecule has 0 bridgehead atoms. The Labute approximate surface area is 367 Å². The predicted octanol–water partition coefficient (Wildman–Crippen LogP) is 9.66. The first-order valence-electron chi connectivity index (χ1n) is 20.6. The van der Waals surface area contributed by atoms with Crippen molar-refractivity contribution in [1.82, 2.24) is 19.8 Å². The number of hydrogen-bond acceptors (Lipinski definition) is 7. The van der Waals surface area contributed by atoms with Crippen LogP contribution in [0.3, 0.4) is 0 Å². The SMILES string of the molecule is O[C@@H](C1CCN(CCOc2ccc(C#Cc3ncc(-c4ccc(Cl)cc4)cc3F)cc2)C1)[C@@H]1CCCN1CCOc1ccc(C#Cc2ccc(-c3ccc(Cl)cc3)cn2)cc1. The molecule has 2 aliphatic rings. The molecule has 0 radical (unpaired) electrons. The van der Waals surface area contributed by atoms with Crippen LogP contribution >= 0.6 is 23.2 Å². The molecule has 3 atom stereocenters. The zero-order valence-electron chi connectivity index (χ0n) is 33.6. The Morgan fingerprint density at radius 3 is 1.87 bits per heavy atom. The lowest BCUT2D eigenvalue weighted by molar-refractivity contribution is 0.0260. The molecular weight excluding hydrogens is 806 g/mol. The molecule has 4 heterocycles. The van der Waals surface area contributed by atoms with Crippen LogP contribution < -0.4 is 9.47 Å². The van der Waals surface area contributed by atoms with Gasteiger partial charge in [0.25, 0.3) is 0 Å². The summed E-state index contributed by atoms with van der Waals surface area (Å²) in [6.07, 6.45) is 6.10. The van der Waals surface area contributed by atoms with Crippen LogP contribution in [0.5, 0.6) is 11.5 Å². The molecule has 308 valence electrons. The number of nitrogens with zero attached hydrogens (tertiary/aromatic N) is 4. The van der Waals surface area contributed by atoms with E-state index in [0.717, 1.165) is 91.3 Å². The highest BCUT2D eigenvalue weighted by Gasteiger charge is 2.38. The molecule has 2 saturated heterocycles. The molecule has 7 nitrogen and oxygen atoms in total. The lowest BCUT2D eigenvalue weighted by atomic mass is 9.94. The fourth-order valence-corrected chi connectivity index (χ4v) is 8.15. The Morgan fingerprint density at radius 1 is 0.656 bits per heavy atom. The Kier molecular flexibility index (Phi) is 13.9. The molecule has 2 aliphatic heterocycles. The molecular formula is C51H45Cl2FN4O3. The van der Waals surface area contributed by atoms with Gasteiger partial charge in [-0.05, 0) is 140 Å². The second kappa shape index (κ2) is 20.2. The monoisotopic (exact) mass is 850 g/mol. The smallest absolute Gasteiger partial charge is 0.158 e. The summed E-state index contributed by atoms with van der Waals surface area (Å²) in [5.74, 6) is 13.5. The zero-order chi connectivity index (χ0) is 42.0. The lowest BCUT2D eigenvalue weighted by Gasteiger charge is -2.32. The molecule has 10 heteroatoms. The predicted molar refractivity (Wildman–Crippen MR) is 240 cm³/mol. The molecule has 6 aromatic rings. The van der Waals surface area contributed by atoms with E-state index in [-0.39, 0.29) is 23.8 Å². The molecule has 8 rings (SSSR count). The van der Waals surface area contributed by atoms with Crippen LogP contribution in [0, 0.1) is 35.4 Å². The zero-order valence-corrected chi connectivity index (χ0v) is 35.1. The van der Waals surface area contributed by atoms with Crippen LogP contribution in [0.25, 0.3) is 22.3 Å². The molecule has 0 aliphatic carbocycles. The maximum atomic E-state index is 14.8. The molecule has 2 fully saturated rings. The second-order valence-corrected chi connectivity index (χ2v) is 16.2. The van der Waals surface area contributed by atoms with Gasteiger partial charge in [-0.15, -0.1) is 0 Å². The second-order valence-electron chi connectivity index (χ2n) is 15.3. The number of pyridine rings is 2. The van der Waals surface area contributed by atoms with E-state index in [0.29, 0.717) is 34.5 Å². The van der Waals surface area contributed by atoms with Crippen molar-refractivity contribution in [3.05, 3.63) is 166 Å². The van der Waals surface area contributed by atoms with Gasteiger partial charge in [-0.2, -0.15) is 0 Å². The highest BCUT2D eigenvalue weighted by atomic mass is 35.5. The van der Waals surface area contributed by atoms with Gasteiger partial charge in [0.2, 0.25) is 0 Å². The van der Waals surface area contributed by atoms with Gasteiger partial charge >= 0.3 is 0 Å². The summed E-state index contributed by atoms with van der Waals surface area (Å²) < 4.78 is 26.9. The van der Waals surface area contributed by atoms with E-state index < -0.39 is 5.82 Å². The number of likely N-dealkylation sites (tertiary alicyclic amines) is 2. The number of ether oxygens (including phenoxy) is 2. The number of aliphatic hydroxyl groups excluding tert-OH is 1.